The number of nitrogens with zero attached hydrogens (tertiary/aromatic N) is 2. The van der Waals surface area contributed by atoms with Gasteiger partial charge in [0.05, 0.1) is 50.5 Å². The molecule has 11 heteroatoms. The molecule has 0 radical (unpaired) electrons. The highest BCUT2D eigenvalue weighted by Crippen LogP contribution is 2.59. The largest absolute Gasteiger partial charge is 0.321 e. The Bertz CT molecular complexity index is 1760. The van der Waals surface area contributed by atoms with E-state index in [9.17, 15) is 26.9 Å². The fourth-order valence-corrected chi connectivity index (χ4v) is 9.71. The van der Waals surface area contributed by atoms with Crippen LogP contribution in [0.15, 0.2) is 71.6 Å². The number of sulfonamides is 1. The van der Waals surface area contributed by atoms with Crippen LogP contribution in [-0.4, -0.2) is 40.3 Å². The SMILES string of the molecule is N#Cc1ccc(S(=O)(=O)N2c3ccc(C(=O)Nc4ccccc4Cl)cc3C3(CCS(=O)(=O)CC3)C2C2CC2)cc1. The van der Waals surface area contributed by atoms with E-state index in [0.717, 1.165) is 12.8 Å². The number of halogens is 1. The second-order valence-electron chi connectivity index (χ2n) is 10.7. The van der Waals surface area contributed by atoms with Gasteiger partial charge in [-0.1, -0.05) is 23.7 Å². The number of amides is 1. The van der Waals surface area contributed by atoms with Crippen LogP contribution in [0.3, 0.4) is 0 Å². The highest BCUT2D eigenvalue weighted by Gasteiger charge is 2.60. The molecule has 6 rings (SSSR count). The van der Waals surface area contributed by atoms with Crippen molar-refractivity contribution in [2.24, 2.45) is 5.92 Å². The first-order chi connectivity index (χ1) is 19.1. The van der Waals surface area contributed by atoms with Gasteiger partial charge in [-0.2, -0.15) is 5.26 Å². The van der Waals surface area contributed by atoms with Crippen LogP contribution in [0.25, 0.3) is 0 Å². The average molecular weight is 596 g/mol. The molecule has 2 heterocycles. The molecule has 40 heavy (non-hydrogen) atoms. The third kappa shape index (κ3) is 4.46. The number of hydrogen-bond donors (Lipinski definition) is 1. The number of carbonyl (C=O) groups excluding carboxylic acids is 1. The normalized spacial score (nSPS) is 21.0. The number of nitriles is 1. The summed E-state index contributed by atoms with van der Waals surface area (Å²) in [6.45, 7) is 0. The molecule has 2 fully saturated rings. The Morgan fingerprint density at radius 3 is 2.33 bits per heavy atom. The van der Waals surface area contributed by atoms with Gasteiger partial charge in [-0.3, -0.25) is 9.10 Å². The Morgan fingerprint density at radius 2 is 1.70 bits per heavy atom. The van der Waals surface area contributed by atoms with E-state index >= 15 is 0 Å². The van der Waals surface area contributed by atoms with Gasteiger partial charge in [0.2, 0.25) is 0 Å². The Morgan fingerprint density at radius 1 is 1.02 bits per heavy atom. The first-order valence-corrected chi connectivity index (χ1v) is 16.7. The minimum atomic E-state index is -4.07. The van der Waals surface area contributed by atoms with Gasteiger partial charge in [-0.25, -0.2) is 16.8 Å². The summed E-state index contributed by atoms with van der Waals surface area (Å²) < 4.78 is 55.0. The molecular weight excluding hydrogens is 570 g/mol. The molecule has 206 valence electrons. The number of sulfone groups is 1. The zero-order chi connectivity index (χ0) is 28.3. The number of rotatable bonds is 5. The number of hydrogen-bond acceptors (Lipinski definition) is 6. The number of anilines is 2. The molecule has 1 atom stereocenters. The van der Waals surface area contributed by atoms with Crippen molar-refractivity contribution in [3.8, 4) is 6.07 Å². The third-order valence-electron chi connectivity index (χ3n) is 8.30. The lowest BCUT2D eigenvalue weighted by Crippen LogP contribution is -2.52. The monoisotopic (exact) mass is 595 g/mol. The minimum absolute atomic E-state index is 0.0452. The van der Waals surface area contributed by atoms with Gasteiger partial charge in [-0.15, -0.1) is 0 Å². The summed E-state index contributed by atoms with van der Waals surface area (Å²) in [5.74, 6) is -0.417. The van der Waals surface area contributed by atoms with Crippen LogP contribution in [0, 0.1) is 17.2 Å². The lowest BCUT2D eigenvalue weighted by atomic mass is 9.70. The zero-order valence-corrected chi connectivity index (χ0v) is 23.8. The molecule has 1 N–H and O–H groups in total. The fourth-order valence-electron chi connectivity index (χ4n) is 6.17. The summed E-state index contributed by atoms with van der Waals surface area (Å²) in [7, 11) is -7.32. The van der Waals surface area contributed by atoms with E-state index in [2.05, 4.69) is 5.32 Å². The molecule has 2 aliphatic heterocycles. The lowest BCUT2D eigenvalue weighted by Gasteiger charge is -2.41. The molecule has 3 aliphatic rings. The van der Waals surface area contributed by atoms with Crippen LogP contribution in [0.5, 0.6) is 0 Å². The fraction of sp³-hybridized carbons (Fsp3) is 0.310. The van der Waals surface area contributed by atoms with E-state index in [4.69, 9.17) is 11.6 Å². The molecule has 1 amide bonds. The van der Waals surface area contributed by atoms with Gasteiger partial charge in [0.1, 0.15) is 9.84 Å². The standard InChI is InChI=1S/C29H26ClN3O5S2/c30-24-3-1-2-4-25(24)32-28(34)21-9-12-26-23(17-21)29(13-15-39(35,36)16-14-29)27(20-7-8-20)33(26)40(37,38)22-10-5-19(18-31)6-11-22/h1-6,9-12,17,20,27H,7-8,13-16H2,(H,32,34). The molecule has 1 saturated heterocycles. The average Bonchev–Trinajstić information content (AvgIpc) is 3.74. The predicted octanol–water partition coefficient (Wildman–Crippen LogP) is 4.90. The van der Waals surface area contributed by atoms with Gasteiger partial charge in [0.25, 0.3) is 15.9 Å². The Kier molecular flexibility index (Phi) is 6.44. The van der Waals surface area contributed by atoms with Crippen molar-refractivity contribution in [3.05, 3.63) is 88.4 Å². The topological polar surface area (TPSA) is 124 Å². The molecule has 0 aromatic heterocycles. The van der Waals surface area contributed by atoms with Gasteiger partial charge < -0.3 is 5.32 Å². The second-order valence-corrected chi connectivity index (χ2v) is 15.2. The molecule has 1 aliphatic carbocycles. The second kappa shape index (κ2) is 9.61. The van der Waals surface area contributed by atoms with Crippen molar-refractivity contribution < 1.29 is 21.6 Å². The summed E-state index contributed by atoms with van der Waals surface area (Å²) >= 11 is 6.24. The molecule has 1 unspecified atom stereocenters. The molecule has 8 nitrogen and oxygen atoms in total. The van der Waals surface area contributed by atoms with E-state index in [0.29, 0.717) is 33.1 Å². The van der Waals surface area contributed by atoms with Crippen molar-refractivity contribution in [2.45, 2.75) is 42.0 Å². The number of para-hydroxylation sites is 1. The summed E-state index contributed by atoms with van der Waals surface area (Å²) in [4.78, 5) is 13.4. The van der Waals surface area contributed by atoms with Crippen LogP contribution >= 0.6 is 11.6 Å². The summed E-state index contributed by atoms with van der Waals surface area (Å²) in [6, 6.07) is 19.2. The zero-order valence-electron chi connectivity index (χ0n) is 21.4. The van der Waals surface area contributed by atoms with Crippen LogP contribution in [0.2, 0.25) is 5.02 Å². The van der Waals surface area contributed by atoms with Crippen molar-refractivity contribution in [3.63, 3.8) is 0 Å². The van der Waals surface area contributed by atoms with Crippen molar-refractivity contribution in [1.82, 2.24) is 0 Å². The molecule has 1 saturated carbocycles. The summed E-state index contributed by atoms with van der Waals surface area (Å²) in [6.07, 6.45) is 2.23. The minimum Gasteiger partial charge on any atom is -0.321 e. The van der Waals surface area contributed by atoms with Gasteiger partial charge >= 0.3 is 0 Å². The molecule has 3 aromatic carbocycles. The first-order valence-electron chi connectivity index (χ1n) is 13.0. The van der Waals surface area contributed by atoms with Gasteiger partial charge in [0.15, 0.2) is 0 Å². The first kappa shape index (κ1) is 26.8. The highest BCUT2D eigenvalue weighted by molar-refractivity contribution is 7.93. The Labute approximate surface area is 238 Å². The van der Waals surface area contributed by atoms with Crippen molar-refractivity contribution >= 4 is 48.7 Å². The molecule has 3 aromatic rings. The lowest BCUT2D eigenvalue weighted by molar-refractivity contribution is 0.102. The predicted molar refractivity (Wildman–Crippen MR) is 153 cm³/mol. The Hall–Kier alpha value is -3.39. The number of fused-ring (bicyclic) bond motifs is 2. The van der Waals surface area contributed by atoms with Crippen LogP contribution in [-0.2, 0) is 25.3 Å². The van der Waals surface area contributed by atoms with E-state index in [-0.39, 0.29) is 35.2 Å². The quantitative estimate of drug-likeness (QED) is 0.447. The number of carbonyl (C=O) groups is 1. The number of nitrogens with one attached hydrogen (secondary N) is 1. The van der Waals surface area contributed by atoms with Gasteiger partial charge in [-0.05, 0) is 91.8 Å². The van der Waals surface area contributed by atoms with E-state index in [1.54, 1.807) is 42.5 Å². The Balaban J connectivity index is 1.48. The summed E-state index contributed by atoms with van der Waals surface area (Å²) in [5.41, 5.74) is 1.54. The molecular formula is C29H26ClN3O5S2. The third-order valence-corrected chi connectivity index (χ3v) is 12.1. The van der Waals surface area contributed by atoms with Crippen LogP contribution in [0.4, 0.5) is 11.4 Å². The van der Waals surface area contributed by atoms with E-state index in [1.807, 2.05) is 6.07 Å². The maximum Gasteiger partial charge on any atom is 0.264 e. The highest BCUT2D eigenvalue weighted by atomic mass is 35.5. The molecule has 1 spiro atoms. The van der Waals surface area contributed by atoms with E-state index < -0.39 is 37.2 Å². The summed E-state index contributed by atoms with van der Waals surface area (Å²) in [5, 5.41) is 12.4. The maximum atomic E-state index is 14.2. The van der Waals surface area contributed by atoms with E-state index in [1.165, 1.54) is 28.6 Å². The van der Waals surface area contributed by atoms with Crippen LogP contribution in [0.1, 0.15) is 47.2 Å². The van der Waals surface area contributed by atoms with Crippen molar-refractivity contribution in [2.75, 3.05) is 21.1 Å². The van der Waals surface area contributed by atoms with Gasteiger partial charge in [0, 0.05) is 11.0 Å². The van der Waals surface area contributed by atoms with Crippen molar-refractivity contribution in [1.29, 1.82) is 5.26 Å². The van der Waals surface area contributed by atoms with Crippen LogP contribution < -0.4 is 9.62 Å². The smallest absolute Gasteiger partial charge is 0.264 e. The molecule has 0 bridgehead atoms. The number of benzene rings is 3. The maximum absolute atomic E-state index is 14.2.